The Hall–Kier alpha value is -1.68. The summed E-state index contributed by atoms with van der Waals surface area (Å²) in [6.07, 6.45) is 3.48. The van der Waals surface area contributed by atoms with Crippen molar-refractivity contribution in [3.8, 4) is 5.75 Å². The number of ether oxygens (including phenoxy) is 1. The summed E-state index contributed by atoms with van der Waals surface area (Å²) in [7, 11) is 0. The summed E-state index contributed by atoms with van der Waals surface area (Å²) in [6.45, 7) is -0.00781. The Balaban J connectivity index is 1.91. The first kappa shape index (κ1) is 11.8. The van der Waals surface area contributed by atoms with Gasteiger partial charge in [0.25, 0.3) is 0 Å². The zero-order valence-electron chi connectivity index (χ0n) is 9.38. The fourth-order valence-electron chi connectivity index (χ4n) is 1.33. The van der Waals surface area contributed by atoms with Gasteiger partial charge in [0, 0.05) is 4.90 Å². The molecule has 1 aromatic carbocycles. The highest BCUT2D eigenvalue weighted by atomic mass is 32.2. The molecule has 0 spiro atoms. The lowest BCUT2D eigenvalue weighted by molar-refractivity contribution is 0.0893. The Morgan fingerprint density at radius 1 is 1.29 bits per heavy atom. The monoisotopic (exact) mass is 248 g/mol. The van der Waals surface area contributed by atoms with Crippen LogP contribution in [0.4, 0.5) is 0 Å². The third-order valence-electron chi connectivity index (χ3n) is 2.23. The number of ketones is 1. The van der Waals surface area contributed by atoms with E-state index in [1.165, 1.54) is 6.26 Å². The average molecular weight is 248 g/mol. The molecule has 0 saturated heterocycles. The molecule has 3 nitrogen and oxygen atoms in total. The molecule has 0 aliphatic rings. The second-order valence-electron chi connectivity index (χ2n) is 3.36. The predicted molar refractivity (Wildman–Crippen MR) is 66.8 cm³/mol. The largest absolute Gasteiger partial charge is 0.485 e. The van der Waals surface area contributed by atoms with Crippen molar-refractivity contribution < 1.29 is 13.9 Å². The molecule has 0 atom stereocenters. The van der Waals surface area contributed by atoms with Crippen LogP contribution in [0.2, 0.25) is 0 Å². The molecule has 0 unspecified atom stereocenters. The second-order valence-corrected chi connectivity index (χ2v) is 4.24. The van der Waals surface area contributed by atoms with Crippen LogP contribution in [0, 0.1) is 0 Å². The molecule has 0 bridgehead atoms. The highest BCUT2D eigenvalue weighted by Gasteiger charge is 2.09. The third-order valence-corrected chi connectivity index (χ3v) is 2.97. The molecule has 1 aromatic heterocycles. The topological polar surface area (TPSA) is 39.4 Å². The summed E-state index contributed by atoms with van der Waals surface area (Å²) in [4.78, 5) is 12.7. The standard InChI is InChI=1S/C13H12O3S/c1-17-11-6-4-10(5-7-11)16-9-12(14)13-3-2-8-15-13/h2-8H,9H2,1H3. The molecule has 0 aliphatic heterocycles. The van der Waals surface area contributed by atoms with Crippen molar-refractivity contribution in [1.82, 2.24) is 0 Å². The van der Waals surface area contributed by atoms with Gasteiger partial charge in [-0.1, -0.05) is 0 Å². The molecule has 2 aromatic rings. The normalized spacial score (nSPS) is 10.2. The number of Topliss-reactive ketones (excluding diaryl/α,β-unsaturated/α-hetero) is 1. The van der Waals surface area contributed by atoms with Gasteiger partial charge >= 0.3 is 0 Å². The van der Waals surface area contributed by atoms with Gasteiger partial charge in [-0.2, -0.15) is 0 Å². The Morgan fingerprint density at radius 3 is 2.65 bits per heavy atom. The summed E-state index contributed by atoms with van der Waals surface area (Å²) >= 11 is 1.66. The average Bonchev–Trinajstić information content (AvgIpc) is 2.90. The number of carbonyl (C=O) groups is 1. The van der Waals surface area contributed by atoms with Crippen molar-refractivity contribution in [1.29, 1.82) is 0 Å². The van der Waals surface area contributed by atoms with E-state index in [0.717, 1.165) is 4.90 Å². The van der Waals surface area contributed by atoms with Crippen LogP contribution in [0.25, 0.3) is 0 Å². The zero-order chi connectivity index (χ0) is 12.1. The highest BCUT2D eigenvalue weighted by Crippen LogP contribution is 2.19. The van der Waals surface area contributed by atoms with E-state index in [1.54, 1.807) is 23.9 Å². The van der Waals surface area contributed by atoms with Crippen molar-refractivity contribution in [2.75, 3.05) is 12.9 Å². The molecule has 0 aliphatic carbocycles. The van der Waals surface area contributed by atoms with Crippen LogP contribution < -0.4 is 4.74 Å². The van der Waals surface area contributed by atoms with E-state index >= 15 is 0 Å². The van der Waals surface area contributed by atoms with Gasteiger partial charge in [0.15, 0.2) is 12.4 Å². The van der Waals surface area contributed by atoms with Crippen LogP contribution in [0.3, 0.4) is 0 Å². The number of rotatable bonds is 5. The molecule has 0 N–H and O–H groups in total. The lowest BCUT2D eigenvalue weighted by Crippen LogP contribution is -2.10. The summed E-state index contributed by atoms with van der Waals surface area (Å²) < 4.78 is 10.4. The number of carbonyl (C=O) groups excluding carboxylic acids is 1. The summed E-state index contributed by atoms with van der Waals surface area (Å²) in [5.74, 6) is 0.845. The molecule has 1 heterocycles. The van der Waals surface area contributed by atoms with Gasteiger partial charge in [0.05, 0.1) is 6.26 Å². The maximum atomic E-state index is 11.6. The van der Waals surface area contributed by atoms with Crippen LogP contribution in [-0.4, -0.2) is 18.6 Å². The van der Waals surface area contributed by atoms with Crippen molar-refractivity contribution in [3.63, 3.8) is 0 Å². The van der Waals surface area contributed by atoms with Gasteiger partial charge in [0.1, 0.15) is 5.75 Å². The number of hydrogen-bond donors (Lipinski definition) is 0. The van der Waals surface area contributed by atoms with E-state index in [1.807, 2.05) is 30.5 Å². The minimum Gasteiger partial charge on any atom is -0.485 e. The van der Waals surface area contributed by atoms with Crippen molar-refractivity contribution >= 4 is 17.5 Å². The Kier molecular flexibility index (Phi) is 3.88. The fourth-order valence-corrected chi connectivity index (χ4v) is 1.74. The third kappa shape index (κ3) is 3.14. The molecule has 0 amide bonds. The highest BCUT2D eigenvalue weighted by molar-refractivity contribution is 7.98. The van der Waals surface area contributed by atoms with Crippen LogP contribution in [0.1, 0.15) is 10.6 Å². The maximum Gasteiger partial charge on any atom is 0.235 e. The van der Waals surface area contributed by atoms with E-state index < -0.39 is 0 Å². The van der Waals surface area contributed by atoms with Gasteiger partial charge in [-0.3, -0.25) is 4.79 Å². The van der Waals surface area contributed by atoms with Gasteiger partial charge in [0.2, 0.25) is 5.78 Å². The minimum atomic E-state index is -0.163. The quantitative estimate of drug-likeness (QED) is 0.601. The first-order valence-corrected chi connectivity index (χ1v) is 6.35. The fraction of sp³-hybridized carbons (Fsp3) is 0.154. The van der Waals surface area contributed by atoms with Crippen LogP contribution in [0.5, 0.6) is 5.75 Å². The molecule has 0 fully saturated rings. The first-order valence-electron chi connectivity index (χ1n) is 5.13. The van der Waals surface area contributed by atoms with Gasteiger partial charge < -0.3 is 9.15 Å². The van der Waals surface area contributed by atoms with Gasteiger partial charge in [-0.25, -0.2) is 0 Å². The van der Waals surface area contributed by atoms with Crippen LogP contribution >= 0.6 is 11.8 Å². The molecular formula is C13H12O3S. The Bertz CT molecular complexity index is 474. The molecule has 88 valence electrons. The molecule has 2 rings (SSSR count). The van der Waals surface area contributed by atoms with Crippen molar-refractivity contribution in [2.45, 2.75) is 4.90 Å². The van der Waals surface area contributed by atoms with Crippen molar-refractivity contribution in [2.24, 2.45) is 0 Å². The number of thioether (sulfide) groups is 1. The van der Waals surface area contributed by atoms with E-state index in [2.05, 4.69) is 0 Å². The number of benzene rings is 1. The SMILES string of the molecule is CSc1ccc(OCC(=O)c2ccco2)cc1. The molecular weight excluding hydrogens is 236 g/mol. The van der Waals surface area contributed by atoms with Crippen LogP contribution in [-0.2, 0) is 0 Å². The molecule has 17 heavy (non-hydrogen) atoms. The molecule has 0 saturated carbocycles. The van der Waals surface area contributed by atoms with E-state index in [-0.39, 0.29) is 12.4 Å². The first-order chi connectivity index (χ1) is 8.29. The smallest absolute Gasteiger partial charge is 0.235 e. The zero-order valence-corrected chi connectivity index (χ0v) is 10.2. The molecule has 0 radical (unpaired) electrons. The summed E-state index contributed by atoms with van der Waals surface area (Å²) in [5, 5.41) is 0. The van der Waals surface area contributed by atoms with Crippen LogP contribution in [0.15, 0.2) is 52.0 Å². The van der Waals surface area contributed by atoms with E-state index in [0.29, 0.717) is 11.5 Å². The summed E-state index contributed by atoms with van der Waals surface area (Å²) in [5.41, 5.74) is 0. The minimum absolute atomic E-state index is 0.00781. The second kappa shape index (κ2) is 5.59. The van der Waals surface area contributed by atoms with Gasteiger partial charge in [-0.05, 0) is 42.7 Å². The van der Waals surface area contributed by atoms with Gasteiger partial charge in [-0.15, -0.1) is 11.8 Å². The van der Waals surface area contributed by atoms with E-state index in [4.69, 9.17) is 9.15 Å². The summed E-state index contributed by atoms with van der Waals surface area (Å²) in [6, 6.07) is 10.9. The van der Waals surface area contributed by atoms with Crippen molar-refractivity contribution in [3.05, 3.63) is 48.4 Å². The lowest BCUT2D eigenvalue weighted by Gasteiger charge is -2.04. The Labute approximate surface area is 104 Å². The predicted octanol–water partition coefficient (Wildman–Crippen LogP) is 3.26. The lowest BCUT2D eigenvalue weighted by atomic mass is 10.3. The maximum absolute atomic E-state index is 11.6. The number of furan rings is 1. The molecule has 4 heteroatoms. The van der Waals surface area contributed by atoms with E-state index in [9.17, 15) is 4.79 Å². The number of hydrogen-bond acceptors (Lipinski definition) is 4. The Morgan fingerprint density at radius 2 is 2.06 bits per heavy atom.